The zero-order valence-corrected chi connectivity index (χ0v) is 19.1. The third-order valence-corrected chi connectivity index (χ3v) is 4.49. The quantitative estimate of drug-likeness (QED) is 0.438. The zero-order valence-electron chi connectivity index (χ0n) is 17.1. The predicted molar refractivity (Wildman–Crippen MR) is 104 cm³/mol. The Morgan fingerprint density at radius 2 is 0.917 bits per heavy atom. The Bertz CT molecular complexity index is 391. The van der Waals surface area contributed by atoms with E-state index in [0.29, 0.717) is 10.5 Å². The van der Waals surface area contributed by atoms with Crippen LogP contribution in [0.4, 0.5) is 0 Å². The maximum Gasteiger partial charge on any atom is 0.165 e. The van der Waals surface area contributed by atoms with Crippen molar-refractivity contribution in [1.29, 1.82) is 0 Å². The number of ether oxygens (including phenoxy) is 3. The summed E-state index contributed by atoms with van der Waals surface area (Å²) in [6.07, 6.45) is 4.60. The van der Waals surface area contributed by atoms with Crippen LogP contribution in [-0.2, 0) is 18.6 Å². The minimum absolute atomic E-state index is 0.231. The van der Waals surface area contributed by atoms with Gasteiger partial charge >= 0.3 is 0 Å². The van der Waals surface area contributed by atoms with Crippen LogP contribution in [0.5, 0.6) is 0 Å². The van der Waals surface area contributed by atoms with Crippen LogP contribution in [0, 0.1) is 0 Å². The highest BCUT2D eigenvalue weighted by atomic mass is 28.2. The molecular formula is C19H36O4Si. The summed E-state index contributed by atoms with van der Waals surface area (Å²) in [5.41, 5.74) is 2.58. The van der Waals surface area contributed by atoms with E-state index in [-0.39, 0.29) is 18.3 Å². The van der Waals surface area contributed by atoms with Crippen molar-refractivity contribution < 1.29 is 18.6 Å². The summed E-state index contributed by atoms with van der Waals surface area (Å²) < 4.78 is 23.9. The van der Waals surface area contributed by atoms with Crippen LogP contribution in [0.15, 0.2) is 35.5 Å². The predicted octanol–water partition coefficient (Wildman–Crippen LogP) is 4.01. The van der Waals surface area contributed by atoms with Gasteiger partial charge in [-0.15, -0.1) is 0 Å². The molecule has 0 rings (SSSR count). The first kappa shape index (κ1) is 22.8. The molecule has 0 N–H and O–H groups in total. The van der Waals surface area contributed by atoms with Gasteiger partial charge in [-0.05, 0) is 79.0 Å². The van der Waals surface area contributed by atoms with E-state index in [9.17, 15) is 0 Å². The third-order valence-electron chi connectivity index (χ3n) is 3.78. The number of hydrogen-bond donors (Lipinski definition) is 0. The van der Waals surface area contributed by atoms with Crippen molar-refractivity contribution in [2.24, 2.45) is 0 Å². The highest BCUT2D eigenvalue weighted by molar-refractivity contribution is 5.98. The summed E-state index contributed by atoms with van der Waals surface area (Å²) in [6.45, 7) is 18.0. The zero-order chi connectivity index (χ0) is 18.9. The molecule has 0 spiro atoms. The molecule has 0 radical (unpaired) electrons. The monoisotopic (exact) mass is 356 g/mol. The van der Waals surface area contributed by atoms with Crippen molar-refractivity contribution >= 4 is 10.5 Å². The maximum absolute atomic E-state index is 6.10. The lowest BCUT2D eigenvalue weighted by molar-refractivity contribution is -0.174. The van der Waals surface area contributed by atoms with Gasteiger partial charge in [-0.25, -0.2) is 0 Å². The van der Waals surface area contributed by atoms with Crippen LogP contribution in [0.25, 0.3) is 0 Å². The van der Waals surface area contributed by atoms with Crippen LogP contribution in [0.2, 0.25) is 0 Å². The molecule has 140 valence electrons. The molecule has 0 aliphatic rings. The minimum atomic E-state index is -0.712. The van der Waals surface area contributed by atoms with Crippen molar-refractivity contribution in [3.8, 4) is 0 Å². The van der Waals surface area contributed by atoms with E-state index in [1.165, 1.54) is 0 Å². The largest absolute Gasteiger partial charge is 0.495 e. The minimum Gasteiger partial charge on any atom is -0.495 e. The normalized spacial score (nSPS) is 16.9. The number of rotatable bonds is 10. The van der Waals surface area contributed by atoms with Crippen LogP contribution >= 0.6 is 0 Å². The van der Waals surface area contributed by atoms with Gasteiger partial charge in [0.1, 0.15) is 28.8 Å². The molecule has 0 aromatic rings. The molecule has 0 fully saturated rings. The Morgan fingerprint density at radius 3 is 1.08 bits per heavy atom. The van der Waals surface area contributed by atoms with Gasteiger partial charge in [0.15, 0.2) is 5.60 Å². The average molecular weight is 357 g/mol. The topological polar surface area (TPSA) is 36.9 Å². The van der Waals surface area contributed by atoms with E-state index < -0.39 is 5.60 Å². The highest BCUT2D eigenvalue weighted by Crippen LogP contribution is 2.32. The summed E-state index contributed by atoms with van der Waals surface area (Å²) in [5, 5.41) is 0. The molecule has 0 saturated carbocycles. The summed E-state index contributed by atoms with van der Waals surface area (Å²) in [5.74, 6) is 0. The van der Waals surface area contributed by atoms with E-state index in [2.05, 4.69) is 0 Å². The molecule has 0 aromatic heterocycles. The van der Waals surface area contributed by atoms with Gasteiger partial charge in [0.25, 0.3) is 0 Å². The fourth-order valence-corrected chi connectivity index (χ4v) is 3.52. The lowest BCUT2D eigenvalue weighted by atomic mass is 9.86. The first-order chi connectivity index (χ1) is 11.1. The van der Waals surface area contributed by atoms with Crippen molar-refractivity contribution in [3.05, 3.63) is 35.5 Å². The molecule has 3 atom stereocenters. The Balaban J connectivity index is 5.68. The first-order valence-electron chi connectivity index (χ1n) is 8.49. The fraction of sp³-hybridized carbons (Fsp3) is 0.684. The van der Waals surface area contributed by atoms with Crippen molar-refractivity contribution in [1.82, 2.24) is 0 Å². The van der Waals surface area contributed by atoms with Gasteiger partial charge in [-0.1, -0.05) is 0 Å². The summed E-state index contributed by atoms with van der Waals surface area (Å²) in [4.78, 5) is 0. The van der Waals surface area contributed by atoms with Crippen molar-refractivity contribution in [2.45, 2.75) is 86.2 Å². The number of hydrogen-bond acceptors (Lipinski definition) is 4. The van der Waals surface area contributed by atoms with Gasteiger partial charge in [0.05, 0.1) is 18.8 Å². The van der Waals surface area contributed by atoms with Crippen molar-refractivity contribution in [3.63, 3.8) is 0 Å². The van der Waals surface area contributed by atoms with E-state index in [1.807, 2.05) is 62.3 Å². The fourth-order valence-electron chi connectivity index (χ4n) is 2.52. The molecule has 24 heavy (non-hydrogen) atoms. The molecule has 0 bridgehead atoms. The molecule has 5 heteroatoms. The van der Waals surface area contributed by atoms with E-state index >= 15 is 0 Å². The summed E-state index contributed by atoms with van der Waals surface area (Å²) in [6, 6.07) is 0. The maximum atomic E-state index is 6.10. The molecule has 0 heterocycles. The van der Waals surface area contributed by atoms with E-state index in [4.69, 9.17) is 18.6 Å². The number of allylic oxidation sites excluding steroid dienone is 3. The summed E-state index contributed by atoms with van der Waals surface area (Å²) in [7, 11) is 0.548. The molecule has 0 aromatic carbocycles. The Kier molecular flexibility index (Phi) is 10.1. The Morgan fingerprint density at radius 1 is 0.667 bits per heavy atom. The second kappa shape index (κ2) is 10.6. The van der Waals surface area contributed by atoms with E-state index in [0.717, 1.165) is 16.7 Å². The van der Waals surface area contributed by atoms with Gasteiger partial charge in [-0.2, -0.15) is 0 Å². The van der Waals surface area contributed by atoms with Gasteiger partial charge in [-0.3, -0.25) is 0 Å². The molecule has 4 nitrogen and oxygen atoms in total. The smallest absolute Gasteiger partial charge is 0.165 e. The standard InChI is InChI=1S/C19H36O4Si/c1-13(2)10-20-16(7)19(23-24,17(8)21-11-14(3)4)18(9)22-12-15(5)6/h10-12,16-18H,1-9,24H3. The average Bonchev–Trinajstić information content (AvgIpc) is 2.49. The second-order valence-corrected chi connectivity index (χ2v) is 7.39. The van der Waals surface area contributed by atoms with Crippen LogP contribution in [0.3, 0.4) is 0 Å². The molecule has 0 amide bonds. The van der Waals surface area contributed by atoms with Gasteiger partial charge < -0.3 is 18.6 Å². The molecule has 3 unspecified atom stereocenters. The van der Waals surface area contributed by atoms with Crippen LogP contribution in [0.1, 0.15) is 62.3 Å². The lowest BCUT2D eigenvalue weighted by Gasteiger charge is -2.44. The van der Waals surface area contributed by atoms with Gasteiger partial charge in [0, 0.05) is 0 Å². The van der Waals surface area contributed by atoms with Gasteiger partial charge in [0.2, 0.25) is 0 Å². The van der Waals surface area contributed by atoms with Crippen molar-refractivity contribution in [2.75, 3.05) is 0 Å². The first-order valence-corrected chi connectivity index (χ1v) is 9.31. The molecule has 0 aliphatic heterocycles. The van der Waals surface area contributed by atoms with Crippen LogP contribution < -0.4 is 0 Å². The molecular weight excluding hydrogens is 320 g/mol. The molecule has 0 aliphatic carbocycles. The second-order valence-electron chi connectivity index (χ2n) is 6.98. The Hall–Kier alpha value is -1.20. The summed E-state index contributed by atoms with van der Waals surface area (Å²) >= 11 is 0. The third kappa shape index (κ3) is 6.73. The lowest BCUT2D eigenvalue weighted by Crippen LogP contribution is -2.60. The molecule has 0 saturated heterocycles. The van der Waals surface area contributed by atoms with E-state index in [1.54, 1.807) is 18.8 Å². The Labute approximate surface area is 151 Å². The highest BCUT2D eigenvalue weighted by Gasteiger charge is 2.50. The SMILES string of the molecule is CC(C)=COC(C)C(O[SiH3])(C(C)OC=C(C)C)C(C)OC=C(C)C. The van der Waals surface area contributed by atoms with Crippen LogP contribution in [-0.4, -0.2) is 34.4 Å².